The highest BCUT2D eigenvalue weighted by Crippen LogP contribution is 2.29. The number of carboxylic acid groups (broad SMARTS) is 1. The van der Waals surface area contributed by atoms with Crippen LogP contribution in [-0.4, -0.2) is 59.0 Å². The average Bonchev–Trinajstić information content (AvgIpc) is 3.64. The minimum atomic E-state index is -0.886. The molecule has 0 saturated heterocycles. The number of hydrazine groups is 1. The highest BCUT2D eigenvalue weighted by atomic mass is 35.5. The summed E-state index contributed by atoms with van der Waals surface area (Å²) in [5, 5.41) is 13.5. The zero-order valence-corrected chi connectivity index (χ0v) is 20.9. The summed E-state index contributed by atoms with van der Waals surface area (Å²) in [5.41, 5.74) is 3.80. The van der Waals surface area contributed by atoms with Gasteiger partial charge in [-0.25, -0.2) is 9.82 Å². The summed E-state index contributed by atoms with van der Waals surface area (Å²) in [5.74, 6) is -3.09. The van der Waals surface area contributed by atoms with Crippen LogP contribution in [0, 0.1) is 23.6 Å². The first-order valence-electron chi connectivity index (χ1n) is 11.3. The molecule has 1 fully saturated rings. The van der Waals surface area contributed by atoms with Crippen LogP contribution in [0.15, 0.2) is 30.5 Å². The number of rotatable bonds is 13. The quantitative estimate of drug-likeness (QED) is 0.363. The molecule has 1 aliphatic carbocycles. The zero-order chi connectivity index (χ0) is 25.6. The summed E-state index contributed by atoms with van der Waals surface area (Å²) < 4.78 is 14.1. The van der Waals surface area contributed by atoms with E-state index in [4.69, 9.17) is 11.6 Å². The summed E-state index contributed by atoms with van der Waals surface area (Å²) >= 11 is 5.78. The van der Waals surface area contributed by atoms with Crippen molar-refractivity contribution in [3.8, 4) is 0 Å². The number of benzene rings is 1. The van der Waals surface area contributed by atoms with Gasteiger partial charge in [-0.05, 0) is 24.8 Å². The van der Waals surface area contributed by atoms with Gasteiger partial charge in [-0.15, -0.1) is 0 Å². The molecule has 0 aromatic heterocycles. The van der Waals surface area contributed by atoms with E-state index < -0.39 is 23.6 Å². The molecule has 1 unspecified atom stereocenters. The number of aliphatic carboxylic acids is 1. The number of carboxylic acids is 1. The van der Waals surface area contributed by atoms with Gasteiger partial charge >= 0.3 is 5.97 Å². The lowest BCUT2D eigenvalue weighted by Gasteiger charge is -2.34. The summed E-state index contributed by atoms with van der Waals surface area (Å²) in [6, 6.07) is 4.55. The van der Waals surface area contributed by atoms with Crippen LogP contribution < -0.4 is 10.7 Å². The van der Waals surface area contributed by atoms with Crippen molar-refractivity contribution in [2.75, 3.05) is 20.1 Å². The highest BCUT2D eigenvalue weighted by molar-refractivity contribution is 6.30. The molecule has 1 aromatic rings. The van der Waals surface area contributed by atoms with Gasteiger partial charge in [0.25, 0.3) is 0 Å². The Morgan fingerprint density at radius 3 is 2.41 bits per heavy atom. The van der Waals surface area contributed by atoms with Crippen LogP contribution in [0.2, 0.25) is 5.02 Å². The van der Waals surface area contributed by atoms with Crippen LogP contribution in [0.1, 0.15) is 39.2 Å². The van der Waals surface area contributed by atoms with E-state index in [0.29, 0.717) is 5.70 Å². The number of nitrogens with zero attached hydrogens (tertiary/aromatic N) is 2. The Bertz CT molecular complexity index is 924. The van der Waals surface area contributed by atoms with Crippen molar-refractivity contribution in [1.29, 1.82) is 0 Å². The predicted molar refractivity (Wildman–Crippen MR) is 128 cm³/mol. The number of nitrogens with one attached hydrogen (secondary N) is 2. The monoisotopic (exact) mass is 496 g/mol. The number of amides is 2. The second kappa shape index (κ2) is 12.2. The van der Waals surface area contributed by atoms with Crippen LogP contribution in [0.5, 0.6) is 0 Å². The summed E-state index contributed by atoms with van der Waals surface area (Å²) in [4.78, 5) is 38.5. The lowest BCUT2D eigenvalue weighted by molar-refractivity contribution is -0.143. The number of hydrogen-bond acceptors (Lipinski definition) is 5. The minimum absolute atomic E-state index is 0.0171. The molecule has 3 N–H and O–H groups in total. The summed E-state index contributed by atoms with van der Waals surface area (Å²) in [7, 11) is 1.66. The molecule has 3 atom stereocenters. The van der Waals surface area contributed by atoms with Crippen molar-refractivity contribution < 1.29 is 23.9 Å². The maximum atomic E-state index is 14.1. The van der Waals surface area contributed by atoms with Crippen LogP contribution in [-0.2, 0) is 20.9 Å². The van der Waals surface area contributed by atoms with Gasteiger partial charge in [-0.1, -0.05) is 51.1 Å². The molecule has 2 rings (SSSR count). The second-order valence-electron chi connectivity index (χ2n) is 8.82. The summed E-state index contributed by atoms with van der Waals surface area (Å²) in [6.07, 6.45) is 1.62. The topological polar surface area (TPSA) is 102 Å². The molecule has 2 amide bonds. The smallest absolute Gasteiger partial charge is 0.306 e. The standard InChI is InChI=1S/C24H34ClFN4O4/c1-14(16(3)24(33)34)15(2)17(4)30(27-5)13-22(32)29(19-9-10-19)12-21(31)28-11-18-7-6-8-20(25)23(18)26/h6-8,14-16,19,27H,4,9-13H2,1-3,5H3,(H,28,31)(H,33,34)/t14-,15?,16+/m1/s1. The molecule has 1 aromatic carbocycles. The van der Waals surface area contributed by atoms with Crippen LogP contribution in [0.25, 0.3) is 0 Å². The first kappa shape index (κ1) is 27.6. The number of hydrogen-bond donors (Lipinski definition) is 3. The number of carbonyl (C=O) groups is 3. The SMILES string of the molecule is C=C(C(C)[C@@H](C)[C@H](C)C(=O)O)N(CC(=O)N(CC(=O)NCc1cccc(Cl)c1F)C1CC1)NC. The first-order chi connectivity index (χ1) is 16.0. The molecule has 34 heavy (non-hydrogen) atoms. The van der Waals surface area contributed by atoms with Crippen molar-refractivity contribution in [3.63, 3.8) is 0 Å². The molecule has 0 aliphatic heterocycles. The van der Waals surface area contributed by atoms with Gasteiger partial charge in [0.1, 0.15) is 12.4 Å². The molecule has 8 nitrogen and oxygen atoms in total. The molecule has 0 radical (unpaired) electrons. The van der Waals surface area contributed by atoms with E-state index in [1.54, 1.807) is 25.0 Å². The van der Waals surface area contributed by atoms with E-state index in [1.165, 1.54) is 17.0 Å². The van der Waals surface area contributed by atoms with E-state index in [2.05, 4.69) is 17.3 Å². The molecule has 0 bridgehead atoms. The Morgan fingerprint density at radius 2 is 1.85 bits per heavy atom. The summed E-state index contributed by atoms with van der Waals surface area (Å²) in [6.45, 7) is 9.21. The lowest BCUT2D eigenvalue weighted by atomic mass is 9.83. The third-order valence-corrected chi connectivity index (χ3v) is 6.82. The average molecular weight is 497 g/mol. The molecule has 10 heteroatoms. The number of allylic oxidation sites excluding steroid dienone is 1. The predicted octanol–water partition coefficient (Wildman–Crippen LogP) is 3.03. The first-order valence-corrected chi connectivity index (χ1v) is 11.7. The maximum Gasteiger partial charge on any atom is 0.306 e. The van der Waals surface area contributed by atoms with Crippen LogP contribution in [0.3, 0.4) is 0 Å². The molecule has 0 heterocycles. The second-order valence-corrected chi connectivity index (χ2v) is 9.23. The zero-order valence-electron chi connectivity index (χ0n) is 20.1. The van der Waals surface area contributed by atoms with Gasteiger partial charge in [0.2, 0.25) is 11.8 Å². The van der Waals surface area contributed by atoms with E-state index in [9.17, 15) is 23.9 Å². The Balaban J connectivity index is 1.98. The van der Waals surface area contributed by atoms with E-state index in [0.717, 1.165) is 12.8 Å². The van der Waals surface area contributed by atoms with Gasteiger partial charge < -0.3 is 20.3 Å². The molecule has 0 spiro atoms. The molecule has 1 aliphatic rings. The maximum absolute atomic E-state index is 14.1. The van der Waals surface area contributed by atoms with Gasteiger partial charge in [0.15, 0.2) is 0 Å². The molecule has 1 saturated carbocycles. The third kappa shape index (κ3) is 7.17. The number of carbonyl (C=O) groups excluding carboxylic acids is 2. The van der Waals surface area contributed by atoms with Crippen molar-refractivity contribution in [2.24, 2.45) is 17.8 Å². The van der Waals surface area contributed by atoms with Crippen molar-refractivity contribution in [1.82, 2.24) is 20.7 Å². The fourth-order valence-corrected chi connectivity index (χ4v) is 3.85. The Kier molecular flexibility index (Phi) is 9.88. The molecule has 188 valence electrons. The minimum Gasteiger partial charge on any atom is -0.481 e. The van der Waals surface area contributed by atoms with Gasteiger partial charge in [-0.2, -0.15) is 0 Å². The van der Waals surface area contributed by atoms with Gasteiger partial charge in [0.05, 0.1) is 17.5 Å². The third-order valence-electron chi connectivity index (χ3n) is 6.53. The highest BCUT2D eigenvalue weighted by Gasteiger charge is 2.35. The Hall–Kier alpha value is -2.65. The lowest BCUT2D eigenvalue weighted by Crippen LogP contribution is -2.49. The van der Waals surface area contributed by atoms with Crippen LogP contribution in [0.4, 0.5) is 4.39 Å². The fourth-order valence-electron chi connectivity index (χ4n) is 3.65. The van der Waals surface area contributed by atoms with Crippen LogP contribution >= 0.6 is 11.6 Å². The number of halogens is 2. The van der Waals surface area contributed by atoms with Gasteiger partial charge in [0, 0.05) is 36.8 Å². The van der Waals surface area contributed by atoms with E-state index in [1.807, 2.05) is 13.8 Å². The van der Waals surface area contributed by atoms with Crippen molar-refractivity contribution >= 4 is 29.4 Å². The normalized spacial score (nSPS) is 15.7. The fraction of sp³-hybridized carbons (Fsp3) is 0.542. The van der Waals surface area contributed by atoms with Crippen molar-refractivity contribution in [2.45, 2.75) is 46.2 Å². The van der Waals surface area contributed by atoms with E-state index >= 15 is 0 Å². The largest absolute Gasteiger partial charge is 0.481 e. The van der Waals surface area contributed by atoms with E-state index in [-0.39, 0.29) is 54.0 Å². The van der Waals surface area contributed by atoms with Crippen molar-refractivity contribution in [3.05, 3.63) is 46.9 Å². The van der Waals surface area contributed by atoms with Gasteiger partial charge in [-0.3, -0.25) is 14.4 Å². The molecular weight excluding hydrogens is 463 g/mol. The molecular formula is C24H34ClFN4O4. The Morgan fingerprint density at radius 1 is 1.21 bits per heavy atom. The Labute approximate surface area is 205 Å².